The Morgan fingerprint density at radius 2 is 1.71 bits per heavy atom. The standard InChI is InChI=1S/C12H22F3NO4S/c1-6-11(4,5)10(17)20-7-9(8(2)3)16-21(18,19)12(13,14)15/h8-9,16H,6-7H2,1-5H3. The van der Waals surface area contributed by atoms with E-state index in [1.54, 1.807) is 20.8 Å². The summed E-state index contributed by atoms with van der Waals surface area (Å²) in [6.45, 7) is 7.66. The summed E-state index contributed by atoms with van der Waals surface area (Å²) in [4.78, 5) is 11.8. The quantitative estimate of drug-likeness (QED) is 0.726. The van der Waals surface area contributed by atoms with Crippen LogP contribution in [-0.4, -0.2) is 32.5 Å². The van der Waals surface area contributed by atoms with Gasteiger partial charge in [0.25, 0.3) is 0 Å². The van der Waals surface area contributed by atoms with E-state index in [4.69, 9.17) is 4.74 Å². The number of rotatable bonds is 7. The van der Waals surface area contributed by atoms with Crippen LogP contribution in [0.4, 0.5) is 13.2 Å². The summed E-state index contributed by atoms with van der Waals surface area (Å²) in [6.07, 6.45) is 0.493. The Morgan fingerprint density at radius 3 is 2.05 bits per heavy atom. The van der Waals surface area contributed by atoms with Crippen LogP contribution in [-0.2, 0) is 19.6 Å². The van der Waals surface area contributed by atoms with Crippen LogP contribution in [0.1, 0.15) is 41.0 Å². The van der Waals surface area contributed by atoms with Gasteiger partial charge in [0.15, 0.2) is 0 Å². The van der Waals surface area contributed by atoms with Crippen LogP contribution in [0.3, 0.4) is 0 Å². The number of carbonyl (C=O) groups is 1. The topological polar surface area (TPSA) is 72.5 Å². The van der Waals surface area contributed by atoms with Gasteiger partial charge in [-0.2, -0.15) is 13.2 Å². The molecule has 0 spiro atoms. The minimum Gasteiger partial charge on any atom is -0.464 e. The van der Waals surface area contributed by atoms with Crippen molar-refractivity contribution in [1.29, 1.82) is 0 Å². The molecular formula is C12H22F3NO4S. The Kier molecular flexibility index (Phi) is 6.68. The largest absolute Gasteiger partial charge is 0.511 e. The molecule has 0 heterocycles. The van der Waals surface area contributed by atoms with Crippen LogP contribution in [0.25, 0.3) is 0 Å². The molecule has 0 aliphatic rings. The van der Waals surface area contributed by atoms with E-state index in [1.807, 2.05) is 0 Å². The lowest BCUT2D eigenvalue weighted by molar-refractivity contribution is -0.155. The molecule has 0 aliphatic carbocycles. The Bertz CT molecular complexity index is 458. The molecule has 0 aromatic heterocycles. The van der Waals surface area contributed by atoms with Crippen molar-refractivity contribution in [2.45, 2.75) is 52.6 Å². The number of esters is 1. The molecule has 1 unspecified atom stereocenters. The molecule has 126 valence electrons. The number of hydrogen-bond donors (Lipinski definition) is 1. The highest BCUT2D eigenvalue weighted by Gasteiger charge is 2.47. The van der Waals surface area contributed by atoms with E-state index in [1.165, 1.54) is 18.6 Å². The molecule has 0 saturated heterocycles. The minimum absolute atomic E-state index is 0.449. The zero-order valence-electron chi connectivity index (χ0n) is 12.7. The van der Waals surface area contributed by atoms with Crippen LogP contribution in [0, 0.1) is 11.3 Å². The summed E-state index contributed by atoms with van der Waals surface area (Å²) >= 11 is 0. The first-order valence-electron chi connectivity index (χ1n) is 6.50. The van der Waals surface area contributed by atoms with Crippen LogP contribution < -0.4 is 4.72 Å². The first-order valence-corrected chi connectivity index (χ1v) is 7.98. The van der Waals surface area contributed by atoms with E-state index in [2.05, 4.69) is 0 Å². The molecule has 0 radical (unpaired) electrons. The molecule has 0 rings (SSSR count). The molecule has 0 saturated carbocycles. The zero-order chi connectivity index (χ0) is 17.1. The average Bonchev–Trinajstić information content (AvgIpc) is 2.31. The fraction of sp³-hybridized carbons (Fsp3) is 0.917. The molecule has 1 N–H and O–H groups in total. The first kappa shape index (κ1) is 20.2. The Labute approximate surface area is 123 Å². The molecule has 0 fully saturated rings. The molecule has 1 atom stereocenters. The molecule has 0 aromatic carbocycles. The smallest absolute Gasteiger partial charge is 0.464 e. The van der Waals surface area contributed by atoms with Gasteiger partial charge in [0.1, 0.15) is 6.61 Å². The van der Waals surface area contributed by atoms with Crippen molar-refractivity contribution in [3.8, 4) is 0 Å². The van der Waals surface area contributed by atoms with Gasteiger partial charge >= 0.3 is 21.5 Å². The third kappa shape index (κ3) is 5.82. The van der Waals surface area contributed by atoms with E-state index in [9.17, 15) is 26.4 Å². The van der Waals surface area contributed by atoms with Gasteiger partial charge in [0.2, 0.25) is 0 Å². The van der Waals surface area contributed by atoms with Crippen molar-refractivity contribution >= 4 is 16.0 Å². The van der Waals surface area contributed by atoms with Crippen LogP contribution >= 0.6 is 0 Å². The molecular weight excluding hydrogens is 311 g/mol. The predicted molar refractivity (Wildman–Crippen MR) is 71.8 cm³/mol. The van der Waals surface area contributed by atoms with Crippen LogP contribution in [0.15, 0.2) is 0 Å². The molecule has 5 nitrogen and oxygen atoms in total. The fourth-order valence-electron chi connectivity index (χ4n) is 1.13. The van der Waals surface area contributed by atoms with Gasteiger partial charge in [-0.1, -0.05) is 20.8 Å². The molecule has 0 aromatic rings. The minimum atomic E-state index is -5.47. The third-order valence-electron chi connectivity index (χ3n) is 3.25. The van der Waals surface area contributed by atoms with E-state index >= 15 is 0 Å². The van der Waals surface area contributed by atoms with Gasteiger partial charge in [-0.25, -0.2) is 13.1 Å². The second kappa shape index (κ2) is 6.95. The monoisotopic (exact) mass is 333 g/mol. The number of alkyl halides is 3. The van der Waals surface area contributed by atoms with Crippen molar-refractivity contribution in [2.75, 3.05) is 6.61 Å². The van der Waals surface area contributed by atoms with Gasteiger partial charge in [0.05, 0.1) is 11.5 Å². The molecule has 21 heavy (non-hydrogen) atoms. The molecule has 9 heteroatoms. The van der Waals surface area contributed by atoms with Gasteiger partial charge < -0.3 is 4.74 Å². The van der Waals surface area contributed by atoms with Gasteiger partial charge in [-0.05, 0) is 26.2 Å². The highest BCUT2D eigenvalue weighted by atomic mass is 32.2. The molecule has 0 aliphatic heterocycles. The summed E-state index contributed by atoms with van der Waals surface area (Å²) in [6, 6.07) is -1.15. The fourth-order valence-corrected chi connectivity index (χ4v) is 2.01. The highest BCUT2D eigenvalue weighted by molar-refractivity contribution is 7.90. The SMILES string of the molecule is CCC(C)(C)C(=O)OCC(NS(=O)(=O)C(F)(F)F)C(C)C. The van der Waals surface area contributed by atoms with Crippen LogP contribution in [0.2, 0.25) is 0 Å². The van der Waals surface area contributed by atoms with E-state index in [-0.39, 0.29) is 0 Å². The number of ether oxygens (including phenoxy) is 1. The lowest BCUT2D eigenvalue weighted by Crippen LogP contribution is -2.47. The summed E-state index contributed by atoms with van der Waals surface area (Å²) in [7, 11) is -5.47. The summed E-state index contributed by atoms with van der Waals surface area (Å²) in [5.74, 6) is -1.05. The molecule has 0 bridgehead atoms. The van der Waals surface area contributed by atoms with Gasteiger partial charge in [-0.3, -0.25) is 4.79 Å². The number of halogens is 3. The number of carbonyl (C=O) groups excluding carboxylic acids is 1. The van der Waals surface area contributed by atoms with Crippen molar-refractivity contribution in [3.05, 3.63) is 0 Å². The number of sulfonamides is 1. The maximum absolute atomic E-state index is 12.3. The Morgan fingerprint density at radius 1 is 1.24 bits per heavy atom. The number of hydrogen-bond acceptors (Lipinski definition) is 4. The maximum Gasteiger partial charge on any atom is 0.511 e. The highest BCUT2D eigenvalue weighted by Crippen LogP contribution is 2.24. The second-order valence-corrected chi connectivity index (χ2v) is 7.46. The molecule has 0 amide bonds. The van der Waals surface area contributed by atoms with Crippen molar-refractivity contribution < 1.29 is 31.1 Å². The summed E-state index contributed by atoms with van der Waals surface area (Å²) < 4.78 is 65.7. The van der Waals surface area contributed by atoms with E-state index in [0.717, 1.165) is 0 Å². The lowest BCUT2D eigenvalue weighted by Gasteiger charge is -2.25. The Hall–Kier alpha value is -0.830. The van der Waals surface area contributed by atoms with E-state index in [0.29, 0.717) is 6.42 Å². The van der Waals surface area contributed by atoms with Crippen molar-refractivity contribution in [3.63, 3.8) is 0 Å². The van der Waals surface area contributed by atoms with Crippen LogP contribution in [0.5, 0.6) is 0 Å². The van der Waals surface area contributed by atoms with Crippen molar-refractivity contribution in [1.82, 2.24) is 4.72 Å². The predicted octanol–water partition coefficient (Wildman–Crippen LogP) is 2.43. The average molecular weight is 333 g/mol. The van der Waals surface area contributed by atoms with Crippen molar-refractivity contribution in [2.24, 2.45) is 11.3 Å². The zero-order valence-corrected chi connectivity index (χ0v) is 13.6. The summed E-state index contributed by atoms with van der Waals surface area (Å²) in [5.41, 5.74) is -6.17. The summed E-state index contributed by atoms with van der Waals surface area (Å²) in [5, 5.41) is 0. The third-order valence-corrected chi connectivity index (χ3v) is 4.47. The normalized spacial score (nSPS) is 15.1. The number of nitrogens with one attached hydrogen (secondary N) is 1. The van der Waals surface area contributed by atoms with Gasteiger partial charge in [-0.15, -0.1) is 0 Å². The lowest BCUT2D eigenvalue weighted by atomic mass is 9.91. The Balaban J connectivity index is 4.87. The second-order valence-electron chi connectivity index (χ2n) is 5.75. The van der Waals surface area contributed by atoms with E-state index < -0.39 is 45.5 Å². The van der Waals surface area contributed by atoms with Gasteiger partial charge in [0, 0.05) is 0 Å². The maximum atomic E-state index is 12.3. The first-order chi connectivity index (χ1) is 9.24.